The van der Waals surface area contributed by atoms with Crippen LogP contribution < -0.4 is 0 Å². The second-order valence-corrected chi connectivity index (χ2v) is 6.45. The molecule has 1 amide bonds. The number of carboxylic acid groups (broad SMARTS) is 1. The Labute approximate surface area is 116 Å². The third-order valence-electron chi connectivity index (χ3n) is 4.27. The number of unbranched alkanes of at least 4 members (excludes halogenated alkanes) is 2. The van der Waals surface area contributed by atoms with Gasteiger partial charge in [-0.1, -0.05) is 33.6 Å². The van der Waals surface area contributed by atoms with Crippen LogP contribution in [0.15, 0.2) is 0 Å². The van der Waals surface area contributed by atoms with Crippen molar-refractivity contribution in [3.8, 4) is 0 Å². The molecule has 19 heavy (non-hydrogen) atoms. The molecule has 2 unspecified atom stereocenters. The summed E-state index contributed by atoms with van der Waals surface area (Å²) in [6, 6.07) is 0.134. The van der Waals surface area contributed by atoms with Crippen LogP contribution in [-0.4, -0.2) is 34.5 Å². The number of amides is 1. The molecule has 0 spiro atoms. The zero-order valence-electron chi connectivity index (χ0n) is 12.8. The Kier molecular flexibility index (Phi) is 4.99. The van der Waals surface area contributed by atoms with Gasteiger partial charge in [0.05, 0.1) is 11.8 Å². The standard InChI is InChI=1S/C15H27NO3/c1-6-7-8-9-16(10(2)3)13(17)11-12(14(18)19)15(11,4)5/h10-12H,6-9H2,1-5H3,(H,18,19). The highest BCUT2D eigenvalue weighted by Gasteiger charge is 2.66. The Morgan fingerprint density at radius 2 is 1.79 bits per heavy atom. The highest BCUT2D eigenvalue weighted by molar-refractivity contribution is 5.91. The summed E-state index contributed by atoms with van der Waals surface area (Å²) >= 11 is 0. The molecule has 0 saturated heterocycles. The average molecular weight is 269 g/mol. The molecular formula is C15H27NO3. The van der Waals surface area contributed by atoms with Crippen LogP contribution in [0.3, 0.4) is 0 Å². The van der Waals surface area contributed by atoms with E-state index in [2.05, 4.69) is 6.92 Å². The van der Waals surface area contributed by atoms with Gasteiger partial charge in [0.2, 0.25) is 5.91 Å². The molecule has 1 N–H and O–H groups in total. The topological polar surface area (TPSA) is 57.6 Å². The molecular weight excluding hydrogens is 242 g/mol. The predicted octanol–water partition coefficient (Wildman–Crippen LogP) is 2.77. The van der Waals surface area contributed by atoms with Crippen molar-refractivity contribution in [2.24, 2.45) is 17.3 Å². The number of carbonyl (C=O) groups is 2. The van der Waals surface area contributed by atoms with E-state index in [0.717, 1.165) is 25.8 Å². The number of nitrogens with zero attached hydrogens (tertiary/aromatic N) is 1. The van der Waals surface area contributed by atoms with Crippen LogP contribution in [0.2, 0.25) is 0 Å². The fraction of sp³-hybridized carbons (Fsp3) is 0.867. The largest absolute Gasteiger partial charge is 0.481 e. The first-order valence-corrected chi connectivity index (χ1v) is 7.28. The Bertz CT molecular complexity index is 349. The Morgan fingerprint density at radius 1 is 1.21 bits per heavy atom. The minimum atomic E-state index is -0.847. The van der Waals surface area contributed by atoms with Gasteiger partial charge < -0.3 is 10.0 Å². The van der Waals surface area contributed by atoms with E-state index in [0.29, 0.717) is 0 Å². The van der Waals surface area contributed by atoms with Crippen LogP contribution in [0.5, 0.6) is 0 Å². The number of rotatable bonds is 7. The molecule has 4 heteroatoms. The van der Waals surface area contributed by atoms with Gasteiger partial charge >= 0.3 is 5.97 Å². The lowest BCUT2D eigenvalue weighted by atomic mass is 10.1. The molecule has 2 atom stereocenters. The van der Waals surface area contributed by atoms with Crippen molar-refractivity contribution in [2.75, 3.05) is 6.54 Å². The first-order valence-electron chi connectivity index (χ1n) is 7.28. The smallest absolute Gasteiger partial charge is 0.307 e. The van der Waals surface area contributed by atoms with Crippen LogP contribution in [0.4, 0.5) is 0 Å². The second-order valence-electron chi connectivity index (χ2n) is 6.45. The van der Waals surface area contributed by atoms with Gasteiger partial charge in [-0.3, -0.25) is 9.59 Å². The van der Waals surface area contributed by atoms with Gasteiger partial charge in [-0.2, -0.15) is 0 Å². The first kappa shape index (κ1) is 16.0. The minimum Gasteiger partial charge on any atom is -0.481 e. The third-order valence-corrected chi connectivity index (χ3v) is 4.27. The van der Waals surface area contributed by atoms with Crippen molar-refractivity contribution >= 4 is 11.9 Å². The van der Waals surface area contributed by atoms with Gasteiger partial charge in [0.1, 0.15) is 0 Å². The lowest BCUT2D eigenvalue weighted by Crippen LogP contribution is -2.39. The summed E-state index contributed by atoms with van der Waals surface area (Å²) in [6.45, 7) is 10.6. The van der Waals surface area contributed by atoms with Crippen molar-refractivity contribution in [3.05, 3.63) is 0 Å². The third kappa shape index (κ3) is 3.28. The van der Waals surface area contributed by atoms with Gasteiger partial charge in [-0.25, -0.2) is 0 Å². The molecule has 0 aromatic carbocycles. The molecule has 0 aromatic rings. The fourth-order valence-electron chi connectivity index (χ4n) is 2.89. The number of hydrogen-bond donors (Lipinski definition) is 1. The molecule has 1 fully saturated rings. The fourth-order valence-corrected chi connectivity index (χ4v) is 2.89. The normalized spacial score (nSPS) is 24.3. The summed E-state index contributed by atoms with van der Waals surface area (Å²) in [6.07, 6.45) is 3.21. The van der Waals surface area contributed by atoms with E-state index in [1.807, 2.05) is 32.6 Å². The number of carboxylic acids is 1. The maximum atomic E-state index is 12.5. The lowest BCUT2D eigenvalue weighted by molar-refractivity contribution is -0.142. The quantitative estimate of drug-likeness (QED) is 0.723. The molecule has 1 rings (SSSR count). The summed E-state index contributed by atoms with van der Waals surface area (Å²) in [7, 11) is 0. The van der Waals surface area contributed by atoms with Crippen LogP contribution in [-0.2, 0) is 9.59 Å². The van der Waals surface area contributed by atoms with Crippen LogP contribution in [0, 0.1) is 17.3 Å². The average Bonchev–Trinajstić information content (AvgIpc) is 2.86. The van der Waals surface area contributed by atoms with Crippen molar-refractivity contribution in [1.82, 2.24) is 4.90 Å². The molecule has 4 nitrogen and oxygen atoms in total. The van der Waals surface area contributed by atoms with E-state index in [1.54, 1.807) is 0 Å². The van der Waals surface area contributed by atoms with Crippen molar-refractivity contribution < 1.29 is 14.7 Å². The molecule has 110 valence electrons. The van der Waals surface area contributed by atoms with E-state index >= 15 is 0 Å². The van der Waals surface area contributed by atoms with Crippen LogP contribution >= 0.6 is 0 Å². The molecule has 1 aliphatic rings. The highest BCUT2D eigenvalue weighted by Crippen LogP contribution is 2.59. The molecule has 0 bridgehead atoms. The number of hydrogen-bond acceptors (Lipinski definition) is 2. The summed E-state index contributed by atoms with van der Waals surface area (Å²) in [5, 5.41) is 9.17. The minimum absolute atomic E-state index is 0.0171. The first-order chi connectivity index (χ1) is 8.75. The summed E-state index contributed by atoms with van der Waals surface area (Å²) in [5.74, 6) is -1.70. The molecule has 0 aliphatic heterocycles. The Balaban J connectivity index is 2.71. The summed E-state index contributed by atoms with van der Waals surface area (Å²) < 4.78 is 0. The lowest BCUT2D eigenvalue weighted by Gasteiger charge is -2.27. The molecule has 0 heterocycles. The SMILES string of the molecule is CCCCCN(C(=O)C1C(C(=O)O)C1(C)C)C(C)C. The van der Waals surface area contributed by atoms with Gasteiger partial charge in [0.15, 0.2) is 0 Å². The van der Waals surface area contributed by atoms with E-state index in [-0.39, 0.29) is 17.9 Å². The summed E-state index contributed by atoms with van der Waals surface area (Å²) in [4.78, 5) is 25.6. The van der Waals surface area contributed by atoms with Crippen LogP contribution in [0.1, 0.15) is 53.9 Å². The Morgan fingerprint density at radius 3 is 2.16 bits per heavy atom. The van der Waals surface area contributed by atoms with Crippen molar-refractivity contribution in [3.63, 3.8) is 0 Å². The van der Waals surface area contributed by atoms with E-state index in [1.165, 1.54) is 0 Å². The predicted molar refractivity (Wildman–Crippen MR) is 74.8 cm³/mol. The zero-order valence-corrected chi connectivity index (χ0v) is 12.8. The Hall–Kier alpha value is -1.06. The van der Waals surface area contributed by atoms with Crippen molar-refractivity contribution in [1.29, 1.82) is 0 Å². The zero-order chi connectivity index (χ0) is 14.8. The second kappa shape index (κ2) is 5.93. The molecule has 1 aliphatic carbocycles. The van der Waals surface area contributed by atoms with Gasteiger partial charge in [-0.05, 0) is 25.7 Å². The maximum Gasteiger partial charge on any atom is 0.307 e. The molecule has 0 radical (unpaired) electrons. The molecule has 1 saturated carbocycles. The van der Waals surface area contributed by atoms with Gasteiger partial charge in [-0.15, -0.1) is 0 Å². The van der Waals surface area contributed by atoms with E-state index < -0.39 is 17.3 Å². The number of aliphatic carboxylic acids is 1. The van der Waals surface area contributed by atoms with Crippen LogP contribution in [0.25, 0.3) is 0 Å². The van der Waals surface area contributed by atoms with Crippen molar-refractivity contribution in [2.45, 2.75) is 59.9 Å². The van der Waals surface area contributed by atoms with E-state index in [9.17, 15) is 14.7 Å². The monoisotopic (exact) mass is 269 g/mol. The summed E-state index contributed by atoms with van der Waals surface area (Å²) in [5.41, 5.74) is -0.402. The van der Waals surface area contributed by atoms with Gasteiger partial charge in [0.25, 0.3) is 0 Å². The molecule has 0 aromatic heterocycles. The van der Waals surface area contributed by atoms with E-state index in [4.69, 9.17) is 0 Å². The van der Waals surface area contributed by atoms with Gasteiger partial charge in [0, 0.05) is 12.6 Å². The number of carbonyl (C=O) groups excluding carboxylic acids is 1. The maximum absolute atomic E-state index is 12.5. The highest BCUT2D eigenvalue weighted by atomic mass is 16.4.